The van der Waals surface area contributed by atoms with E-state index in [2.05, 4.69) is 231 Å². The third-order valence-corrected chi connectivity index (χ3v) is 10.2. The van der Waals surface area contributed by atoms with Gasteiger partial charge in [-0.15, -0.1) is 0 Å². The van der Waals surface area contributed by atoms with Crippen molar-refractivity contribution in [1.29, 1.82) is 0 Å². The molecular weight excluding hydrogens is 627 g/mol. The van der Waals surface area contributed by atoms with Gasteiger partial charge in [0, 0.05) is 22.5 Å². The fraction of sp³-hybridized carbons (Fsp3) is 0.0588. The monoisotopic (exact) mass is 667 g/mol. The van der Waals surface area contributed by atoms with E-state index in [4.69, 9.17) is 0 Å². The number of anilines is 3. The van der Waals surface area contributed by atoms with Crippen molar-refractivity contribution in [3.8, 4) is 44.5 Å². The molecule has 0 unspecified atom stereocenters. The van der Waals surface area contributed by atoms with Gasteiger partial charge in [-0.3, -0.25) is 0 Å². The van der Waals surface area contributed by atoms with Crippen LogP contribution in [-0.2, 0) is 5.41 Å². The zero-order valence-corrected chi connectivity index (χ0v) is 29.7. The van der Waals surface area contributed by atoms with E-state index < -0.39 is 0 Å². The van der Waals surface area contributed by atoms with Crippen molar-refractivity contribution >= 4 is 17.1 Å². The minimum Gasteiger partial charge on any atom is -0.311 e. The Balaban J connectivity index is 1.11. The molecule has 0 N–H and O–H groups in total. The lowest BCUT2D eigenvalue weighted by atomic mass is 9.78. The van der Waals surface area contributed by atoms with Gasteiger partial charge < -0.3 is 4.90 Å². The van der Waals surface area contributed by atoms with E-state index in [1.165, 1.54) is 55.6 Å². The molecule has 0 aliphatic heterocycles. The van der Waals surface area contributed by atoms with Crippen molar-refractivity contribution in [3.05, 3.63) is 223 Å². The molecule has 8 aromatic carbocycles. The summed E-state index contributed by atoms with van der Waals surface area (Å²) in [6.07, 6.45) is 0. The molecule has 250 valence electrons. The molecule has 0 bridgehead atoms. The van der Waals surface area contributed by atoms with Crippen molar-refractivity contribution in [2.45, 2.75) is 19.3 Å². The van der Waals surface area contributed by atoms with Crippen LogP contribution in [0.25, 0.3) is 44.5 Å². The lowest BCUT2D eigenvalue weighted by molar-refractivity contribution is 0.641. The van der Waals surface area contributed by atoms with E-state index in [0.29, 0.717) is 0 Å². The summed E-state index contributed by atoms with van der Waals surface area (Å²) in [6.45, 7) is 4.59. The molecule has 1 nitrogen and oxygen atoms in total. The molecule has 52 heavy (non-hydrogen) atoms. The summed E-state index contributed by atoms with van der Waals surface area (Å²) in [6, 6.07) is 76.5. The smallest absolute Gasteiger partial charge is 0.0462 e. The second kappa shape index (κ2) is 14.4. The highest BCUT2D eigenvalue weighted by atomic mass is 15.1. The second-order valence-corrected chi connectivity index (χ2v) is 13.9. The molecule has 0 radical (unpaired) electrons. The highest BCUT2D eigenvalue weighted by Crippen LogP contribution is 2.39. The molecule has 0 spiro atoms. The van der Waals surface area contributed by atoms with Gasteiger partial charge >= 0.3 is 0 Å². The Morgan fingerprint density at radius 2 is 0.481 bits per heavy atom. The largest absolute Gasteiger partial charge is 0.311 e. The number of nitrogens with zero attached hydrogens (tertiary/aromatic N) is 1. The lowest BCUT2D eigenvalue weighted by Crippen LogP contribution is -2.19. The Morgan fingerprint density at radius 3 is 0.808 bits per heavy atom. The Hall–Kier alpha value is -6.44. The molecule has 0 aliphatic carbocycles. The van der Waals surface area contributed by atoms with Crippen LogP contribution in [0, 0.1) is 0 Å². The summed E-state index contributed by atoms with van der Waals surface area (Å²) >= 11 is 0. The second-order valence-electron chi connectivity index (χ2n) is 13.9. The fourth-order valence-corrected chi connectivity index (χ4v) is 7.07. The van der Waals surface area contributed by atoms with Gasteiger partial charge in [0.05, 0.1) is 0 Å². The van der Waals surface area contributed by atoms with Crippen LogP contribution in [0.5, 0.6) is 0 Å². The van der Waals surface area contributed by atoms with Crippen LogP contribution in [-0.4, -0.2) is 0 Å². The maximum atomic E-state index is 2.35. The van der Waals surface area contributed by atoms with Crippen LogP contribution in [0.1, 0.15) is 25.0 Å². The fourth-order valence-electron chi connectivity index (χ4n) is 7.07. The van der Waals surface area contributed by atoms with Crippen molar-refractivity contribution in [2.24, 2.45) is 0 Å². The van der Waals surface area contributed by atoms with Gasteiger partial charge in [-0.2, -0.15) is 0 Å². The average molecular weight is 668 g/mol. The molecule has 0 amide bonds. The van der Waals surface area contributed by atoms with Crippen LogP contribution in [0.4, 0.5) is 17.1 Å². The zero-order chi connectivity index (χ0) is 35.3. The van der Waals surface area contributed by atoms with Gasteiger partial charge in [0.1, 0.15) is 0 Å². The van der Waals surface area contributed by atoms with E-state index in [9.17, 15) is 0 Å². The highest BCUT2D eigenvalue weighted by Gasteiger charge is 2.23. The van der Waals surface area contributed by atoms with E-state index >= 15 is 0 Å². The van der Waals surface area contributed by atoms with Crippen LogP contribution in [0.15, 0.2) is 212 Å². The normalized spacial score (nSPS) is 11.3. The summed E-state index contributed by atoms with van der Waals surface area (Å²) < 4.78 is 0. The van der Waals surface area contributed by atoms with Crippen LogP contribution in [0.2, 0.25) is 0 Å². The average Bonchev–Trinajstić information content (AvgIpc) is 3.23. The molecule has 0 atom stereocenters. The lowest BCUT2D eigenvalue weighted by Gasteiger charge is -2.29. The van der Waals surface area contributed by atoms with Crippen molar-refractivity contribution in [2.75, 3.05) is 4.90 Å². The standard InChI is InChI=1S/C51H41N/c1-51(2,46-16-10-5-11-17-46)47-30-36-50(37-31-47)52(48-32-26-44(27-33-48)42-22-18-40(19-23-42)38-12-6-3-7-13-38)49-34-28-45(29-35-49)43-24-20-41(21-25-43)39-14-8-4-9-15-39/h3-37H,1-2H3. The maximum Gasteiger partial charge on any atom is 0.0462 e. The number of rotatable bonds is 9. The summed E-state index contributed by atoms with van der Waals surface area (Å²) in [5.41, 5.74) is 15.5. The molecule has 0 aromatic heterocycles. The van der Waals surface area contributed by atoms with E-state index in [1.807, 2.05) is 0 Å². The molecule has 0 saturated heterocycles. The highest BCUT2D eigenvalue weighted by molar-refractivity contribution is 5.81. The van der Waals surface area contributed by atoms with Gasteiger partial charge in [0.15, 0.2) is 0 Å². The first-order chi connectivity index (χ1) is 25.5. The number of benzene rings is 8. The van der Waals surface area contributed by atoms with Crippen molar-refractivity contribution in [3.63, 3.8) is 0 Å². The Labute approximate surface area is 308 Å². The molecule has 8 aromatic rings. The molecule has 0 heterocycles. The van der Waals surface area contributed by atoms with Crippen LogP contribution >= 0.6 is 0 Å². The third kappa shape index (κ3) is 6.82. The predicted octanol–water partition coefficient (Wildman–Crippen LogP) is 14.2. The molecule has 8 rings (SSSR count). The van der Waals surface area contributed by atoms with E-state index in [0.717, 1.165) is 17.1 Å². The Morgan fingerprint density at radius 1 is 0.250 bits per heavy atom. The van der Waals surface area contributed by atoms with Gasteiger partial charge in [-0.1, -0.05) is 190 Å². The molecule has 1 heteroatoms. The van der Waals surface area contributed by atoms with E-state index in [-0.39, 0.29) is 5.41 Å². The molecular formula is C51H41N. The van der Waals surface area contributed by atoms with Crippen LogP contribution < -0.4 is 4.90 Å². The Bertz CT molecular complexity index is 2210. The van der Waals surface area contributed by atoms with Gasteiger partial charge in [-0.25, -0.2) is 0 Å². The maximum absolute atomic E-state index is 2.35. The molecule has 0 aliphatic rings. The first-order valence-electron chi connectivity index (χ1n) is 18.0. The van der Waals surface area contributed by atoms with Gasteiger partial charge in [-0.05, 0) is 92.0 Å². The SMILES string of the molecule is CC(C)(c1ccccc1)c1ccc(N(c2ccc(-c3ccc(-c4ccccc4)cc3)cc2)c2ccc(-c3ccc(-c4ccccc4)cc3)cc2)cc1. The van der Waals surface area contributed by atoms with Crippen molar-refractivity contribution < 1.29 is 0 Å². The summed E-state index contributed by atoms with van der Waals surface area (Å²) in [5, 5.41) is 0. The van der Waals surface area contributed by atoms with E-state index in [1.54, 1.807) is 0 Å². The van der Waals surface area contributed by atoms with Crippen LogP contribution in [0.3, 0.4) is 0 Å². The minimum atomic E-state index is -0.111. The first-order valence-corrected chi connectivity index (χ1v) is 18.0. The quantitative estimate of drug-likeness (QED) is 0.148. The molecule has 0 fully saturated rings. The third-order valence-electron chi connectivity index (χ3n) is 10.2. The predicted molar refractivity (Wildman–Crippen MR) is 221 cm³/mol. The minimum absolute atomic E-state index is 0.111. The van der Waals surface area contributed by atoms with Gasteiger partial charge in [0.25, 0.3) is 0 Å². The topological polar surface area (TPSA) is 3.24 Å². The van der Waals surface area contributed by atoms with Gasteiger partial charge in [0.2, 0.25) is 0 Å². The first kappa shape index (κ1) is 32.7. The summed E-state index contributed by atoms with van der Waals surface area (Å²) in [4.78, 5) is 2.35. The Kier molecular flexibility index (Phi) is 9.08. The number of hydrogen-bond donors (Lipinski definition) is 0. The molecule has 0 saturated carbocycles. The summed E-state index contributed by atoms with van der Waals surface area (Å²) in [5.74, 6) is 0. The summed E-state index contributed by atoms with van der Waals surface area (Å²) in [7, 11) is 0. The zero-order valence-electron chi connectivity index (χ0n) is 29.7. The van der Waals surface area contributed by atoms with Crippen molar-refractivity contribution in [1.82, 2.24) is 0 Å². The number of hydrogen-bond acceptors (Lipinski definition) is 1.